The summed E-state index contributed by atoms with van der Waals surface area (Å²) in [5.41, 5.74) is 0.560. The van der Waals surface area contributed by atoms with Gasteiger partial charge in [-0.3, -0.25) is 14.9 Å². The fourth-order valence-corrected chi connectivity index (χ4v) is 2.26. The number of rotatable bonds is 4. The fourth-order valence-electron chi connectivity index (χ4n) is 2.26. The zero-order valence-corrected chi connectivity index (χ0v) is 11.0. The summed E-state index contributed by atoms with van der Waals surface area (Å²) in [5.74, 6) is -0.169. The van der Waals surface area contributed by atoms with Crippen LogP contribution in [0.3, 0.4) is 0 Å². The van der Waals surface area contributed by atoms with E-state index in [4.69, 9.17) is 0 Å². The Balaban J connectivity index is 2.35. The smallest absolute Gasteiger partial charge is 0.293 e. The lowest BCUT2D eigenvalue weighted by molar-refractivity contribution is -0.384. The van der Waals surface area contributed by atoms with Gasteiger partial charge < -0.3 is 10.2 Å². The average Bonchev–Trinajstić information content (AvgIpc) is 2.34. The number of amides is 1. The van der Waals surface area contributed by atoms with Gasteiger partial charge in [-0.1, -0.05) is 6.07 Å². The van der Waals surface area contributed by atoms with E-state index < -0.39 is 4.92 Å². The van der Waals surface area contributed by atoms with Crippen LogP contribution in [0.15, 0.2) is 18.2 Å². The molecule has 0 unspecified atom stereocenters. The van der Waals surface area contributed by atoms with Crippen LogP contribution in [-0.4, -0.2) is 35.9 Å². The molecule has 1 fully saturated rings. The molecule has 0 heterocycles. The molecule has 0 spiro atoms. The van der Waals surface area contributed by atoms with E-state index in [9.17, 15) is 14.9 Å². The van der Waals surface area contributed by atoms with E-state index in [1.807, 2.05) is 0 Å². The molecule has 0 radical (unpaired) electrons. The van der Waals surface area contributed by atoms with Crippen molar-refractivity contribution in [2.45, 2.75) is 25.3 Å². The molecule has 1 aliphatic rings. The first kappa shape index (κ1) is 13.3. The van der Waals surface area contributed by atoms with Gasteiger partial charge in [-0.2, -0.15) is 0 Å². The van der Waals surface area contributed by atoms with Gasteiger partial charge in [-0.25, -0.2) is 0 Å². The van der Waals surface area contributed by atoms with Crippen molar-refractivity contribution >= 4 is 17.3 Å². The van der Waals surface area contributed by atoms with Crippen LogP contribution in [0.4, 0.5) is 11.4 Å². The highest BCUT2D eigenvalue weighted by atomic mass is 16.6. The third-order valence-corrected chi connectivity index (χ3v) is 3.66. The largest absolute Gasteiger partial charge is 0.382 e. The van der Waals surface area contributed by atoms with Crippen LogP contribution in [0.5, 0.6) is 0 Å². The molecule has 0 atom stereocenters. The van der Waals surface area contributed by atoms with Gasteiger partial charge in [-0.05, 0) is 25.3 Å². The number of nitro benzene ring substituents is 1. The topological polar surface area (TPSA) is 75.5 Å². The van der Waals surface area contributed by atoms with E-state index in [1.165, 1.54) is 6.07 Å². The molecule has 1 aromatic rings. The second-order valence-electron chi connectivity index (χ2n) is 4.71. The van der Waals surface area contributed by atoms with Crippen LogP contribution in [0.1, 0.15) is 29.6 Å². The summed E-state index contributed by atoms with van der Waals surface area (Å²) in [6.07, 6.45) is 3.15. The second-order valence-corrected chi connectivity index (χ2v) is 4.71. The van der Waals surface area contributed by atoms with Gasteiger partial charge in [0.1, 0.15) is 5.69 Å². The van der Waals surface area contributed by atoms with E-state index >= 15 is 0 Å². The zero-order chi connectivity index (χ0) is 14.0. The number of nitrogens with one attached hydrogen (secondary N) is 1. The monoisotopic (exact) mass is 263 g/mol. The molecule has 1 amide bonds. The summed E-state index contributed by atoms with van der Waals surface area (Å²) >= 11 is 0. The van der Waals surface area contributed by atoms with Crippen LogP contribution in [0.2, 0.25) is 0 Å². The van der Waals surface area contributed by atoms with Gasteiger partial charge in [0.25, 0.3) is 11.6 Å². The molecule has 6 nitrogen and oxygen atoms in total. The predicted molar refractivity (Wildman–Crippen MR) is 72.4 cm³/mol. The van der Waals surface area contributed by atoms with Crippen molar-refractivity contribution < 1.29 is 9.72 Å². The molecule has 1 saturated carbocycles. The molecule has 2 rings (SSSR count). The normalized spacial score (nSPS) is 14.6. The number of carbonyl (C=O) groups excluding carboxylic acids is 1. The highest BCUT2D eigenvalue weighted by Gasteiger charge is 2.29. The maximum absolute atomic E-state index is 12.4. The van der Waals surface area contributed by atoms with Crippen LogP contribution < -0.4 is 5.32 Å². The SMILES string of the molecule is CNc1c(C(=O)N(C)C2CCC2)cccc1[N+](=O)[O-]. The first-order valence-electron chi connectivity index (χ1n) is 6.28. The Hall–Kier alpha value is -2.11. The second kappa shape index (κ2) is 5.26. The van der Waals surface area contributed by atoms with E-state index in [2.05, 4.69) is 5.32 Å². The molecule has 102 valence electrons. The lowest BCUT2D eigenvalue weighted by atomic mass is 9.91. The lowest BCUT2D eigenvalue weighted by Crippen LogP contribution is -2.41. The Morgan fingerprint density at radius 1 is 1.47 bits per heavy atom. The minimum absolute atomic E-state index is 0.0737. The number of hydrogen-bond donors (Lipinski definition) is 1. The standard InChI is InChI=1S/C13H17N3O3/c1-14-12-10(7-4-8-11(12)16(18)19)13(17)15(2)9-5-3-6-9/h4,7-9,14H,3,5-6H2,1-2H3. The number of nitro groups is 1. The van der Waals surface area contributed by atoms with Gasteiger partial charge in [0, 0.05) is 26.2 Å². The summed E-state index contributed by atoms with van der Waals surface area (Å²) in [5, 5.41) is 13.7. The minimum Gasteiger partial charge on any atom is -0.382 e. The van der Waals surface area contributed by atoms with Crippen molar-refractivity contribution in [2.75, 3.05) is 19.4 Å². The van der Waals surface area contributed by atoms with Crippen molar-refractivity contribution in [1.82, 2.24) is 4.90 Å². The van der Waals surface area contributed by atoms with Gasteiger partial charge in [0.05, 0.1) is 10.5 Å². The van der Waals surface area contributed by atoms with E-state index in [-0.39, 0.29) is 23.3 Å². The van der Waals surface area contributed by atoms with Crippen molar-refractivity contribution in [1.29, 1.82) is 0 Å². The molecule has 1 aromatic carbocycles. The Bertz CT molecular complexity index is 512. The third-order valence-electron chi connectivity index (χ3n) is 3.66. The molecule has 0 saturated heterocycles. The molecule has 1 N–H and O–H groups in total. The molecule has 6 heteroatoms. The Morgan fingerprint density at radius 3 is 2.63 bits per heavy atom. The number of hydrogen-bond acceptors (Lipinski definition) is 4. The first-order valence-corrected chi connectivity index (χ1v) is 6.28. The molecular weight excluding hydrogens is 246 g/mol. The molecule has 19 heavy (non-hydrogen) atoms. The Kier molecular flexibility index (Phi) is 3.69. The molecular formula is C13H17N3O3. The minimum atomic E-state index is -0.480. The zero-order valence-electron chi connectivity index (χ0n) is 11.0. The van der Waals surface area contributed by atoms with E-state index in [1.54, 1.807) is 31.1 Å². The summed E-state index contributed by atoms with van der Waals surface area (Å²) in [4.78, 5) is 24.6. The summed E-state index contributed by atoms with van der Waals surface area (Å²) in [7, 11) is 3.34. The fraction of sp³-hybridized carbons (Fsp3) is 0.462. The van der Waals surface area contributed by atoms with Gasteiger partial charge in [0.15, 0.2) is 0 Å². The van der Waals surface area contributed by atoms with E-state index in [0.29, 0.717) is 5.56 Å². The van der Waals surface area contributed by atoms with Gasteiger partial charge in [-0.15, -0.1) is 0 Å². The van der Waals surface area contributed by atoms with Gasteiger partial charge in [0.2, 0.25) is 0 Å². The summed E-state index contributed by atoms with van der Waals surface area (Å²) < 4.78 is 0. The van der Waals surface area contributed by atoms with Crippen LogP contribution in [0, 0.1) is 10.1 Å². The number of carbonyl (C=O) groups is 1. The quantitative estimate of drug-likeness (QED) is 0.667. The third kappa shape index (κ3) is 2.38. The highest BCUT2D eigenvalue weighted by Crippen LogP contribution is 2.31. The number of anilines is 1. The van der Waals surface area contributed by atoms with Gasteiger partial charge >= 0.3 is 0 Å². The van der Waals surface area contributed by atoms with Crippen molar-refractivity contribution in [3.05, 3.63) is 33.9 Å². The van der Waals surface area contributed by atoms with Crippen molar-refractivity contribution in [3.63, 3.8) is 0 Å². The average molecular weight is 263 g/mol. The summed E-state index contributed by atoms with van der Waals surface area (Å²) in [6, 6.07) is 4.82. The Morgan fingerprint density at radius 2 is 2.16 bits per heavy atom. The maximum Gasteiger partial charge on any atom is 0.293 e. The first-order chi connectivity index (χ1) is 9.06. The molecule has 0 aliphatic heterocycles. The number of para-hydroxylation sites is 1. The highest BCUT2D eigenvalue weighted by molar-refractivity contribution is 6.01. The van der Waals surface area contributed by atoms with E-state index in [0.717, 1.165) is 19.3 Å². The Labute approximate surface area is 111 Å². The summed E-state index contributed by atoms with van der Waals surface area (Å²) in [6.45, 7) is 0. The molecule has 0 bridgehead atoms. The van der Waals surface area contributed by atoms with Crippen molar-refractivity contribution in [3.8, 4) is 0 Å². The predicted octanol–water partition coefficient (Wildman–Crippen LogP) is 2.26. The molecule has 1 aliphatic carbocycles. The van der Waals surface area contributed by atoms with Crippen molar-refractivity contribution in [2.24, 2.45) is 0 Å². The lowest BCUT2D eigenvalue weighted by Gasteiger charge is -2.35. The molecule has 0 aromatic heterocycles. The maximum atomic E-state index is 12.4. The van der Waals surface area contributed by atoms with Crippen LogP contribution >= 0.6 is 0 Å². The number of benzene rings is 1. The van der Waals surface area contributed by atoms with Crippen LogP contribution in [0.25, 0.3) is 0 Å². The number of nitrogens with zero attached hydrogens (tertiary/aromatic N) is 2. The van der Waals surface area contributed by atoms with Crippen LogP contribution in [-0.2, 0) is 0 Å².